The first-order valence-corrected chi connectivity index (χ1v) is 8.11. The van der Waals surface area contributed by atoms with Crippen LogP contribution in [0.3, 0.4) is 0 Å². The minimum absolute atomic E-state index is 0.0776. The SMILES string of the molecule is CC(=O)Nc1ccc(-c2nc(C3CC3)nn2-c2ccccc2)cc1. The number of para-hydroxylation sites is 1. The second-order valence-corrected chi connectivity index (χ2v) is 6.07. The molecule has 5 nitrogen and oxygen atoms in total. The zero-order chi connectivity index (χ0) is 16.5. The topological polar surface area (TPSA) is 59.8 Å². The molecule has 24 heavy (non-hydrogen) atoms. The Morgan fingerprint density at radius 1 is 1.08 bits per heavy atom. The van der Waals surface area contributed by atoms with Crippen LogP contribution in [0.5, 0.6) is 0 Å². The number of nitrogens with zero attached hydrogens (tertiary/aromatic N) is 3. The van der Waals surface area contributed by atoms with Gasteiger partial charge in [-0.1, -0.05) is 18.2 Å². The van der Waals surface area contributed by atoms with Gasteiger partial charge in [-0.15, -0.1) is 0 Å². The fourth-order valence-corrected chi connectivity index (χ4v) is 2.68. The standard InChI is InChI=1S/C19H18N4O/c1-13(24)20-16-11-9-15(10-12-16)19-21-18(14-7-8-14)22-23(19)17-5-3-2-4-6-17/h2-6,9-12,14H,7-8H2,1H3,(H,20,24). The van der Waals surface area contributed by atoms with E-state index in [2.05, 4.69) is 5.32 Å². The minimum atomic E-state index is -0.0776. The van der Waals surface area contributed by atoms with Crippen LogP contribution in [0.25, 0.3) is 17.1 Å². The van der Waals surface area contributed by atoms with E-state index in [4.69, 9.17) is 10.1 Å². The summed E-state index contributed by atoms with van der Waals surface area (Å²) in [6.07, 6.45) is 2.33. The van der Waals surface area contributed by atoms with Crippen LogP contribution in [0, 0.1) is 0 Å². The molecule has 0 atom stereocenters. The Labute approximate surface area is 140 Å². The molecule has 3 aromatic rings. The molecular weight excluding hydrogens is 300 g/mol. The average molecular weight is 318 g/mol. The molecule has 5 heteroatoms. The number of carbonyl (C=O) groups excluding carboxylic acids is 1. The van der Waals surface area contributed by atoms with E-state index in [-0.39, 0.29) is 5.91 Å². The predicted molar refractivity (Wildman–Crippen MR) is 93.1 cm³/mol. The largest absolute Gasteiger partial charge is 0.326 e. The molecule has 1 amide bonds. The highest BCUT2D eigenvalue weighted by Gasteiger charge is 2.29. The highest BCUT2D eigenvalue weighted by atomic mass is 16.1. The fraction of sp³-hybridized carbons (Fsp3) is 0.211. The van der Waals surface area contributed by atoms with Crippen molar-refractivity contribution in [3.05, 3.63) is 60.4 Å². The maximum atomic E-state index is 11.2. The molecule has 0 bridgehead atoms. The molecule has 0 radical (unpaired) electrons. The fourth-order valence-electron chi connectivity index (χ4n) is 2.68. The number of benzene rings is 2. The van der Waals surface area contributed by atoms with Crippen LogP contribution in [-0.2, 0) is 4.79 Å². The number of hydrogen-bond donors (Lipinski definition) is 1. The molecule has 2 aromatic carbocycles. The summed E-state index contributed by atoms with van der Waals surface area (Å²) in [4.78, 5) is 15.9. The van der Waals surface area contributed by atoms with Gasteiger partial charge in [-0.05, 0) is 49.2 Å². The second-order valence-electron chi connectivity index (χ2n) is 6.07. The molecule has 120 valence electrons. The van der Waals surface area contributed by atoms with Gasteiger partial charge in [0.25, 0.3) is 0 Å². The van der Waals surface area contributed by atoms with Gasteiger partial charge >= 0.3 is 0 Å². The lowest BCUT2D eigenvalue weighted by Crippen LogP contribution is -2.05. The van der Waals surface area contributed by atoms with Crippen molar-refractivity contribution < 1.29 is 4.79 Å². The number of hydrogen-bond acceptors (Lipinski definition) is 3. The number of aromatic nitrogens is 3. The van der Waals surface area contributed by atoms with Crippen LogP contribution in [0.15, 0.2) is 54.6 Å². The van der Waals surface area contributed by atoms with Crippen molar-refractivity contribution in [2.75, 3.05) is 5.32 Å². The number of rotatable bonds is 4. The van der Waals surface area contributed by atoms with Gasteiger partial charge in [0.15, 0.2) is 11.6 Å². The van der Waals surface area contributed by atoms with Crippen molar-refractivity contribution in [2.45, 2.75) is 25.7 Å². The Hall–Kier alpha value is -2.95. The summed E-state index contributed by atoms with van der Waals surface area (Å²) in [6, 6.07) is 17.7. The molecule has 1 aliphatic carbocycles. The number of nitrogens with one attached hydrogen (secondary N) is 1. The molecule has 1 fully saturated rings. The third-order valence-electron chi connectivity index (χ3n) is 4.03. The lowest BCUT2D eigenvalue weighted by Gasteiger charge is -2.07. The van der Waals surface area contributed by atoms with Crippen molar-refractivity contribution in [1.29, 1.82) is 0 Å². The van der Waals surface area contributed by atoms with E-state index in [9.17, 15) is 4.79 Å². The zero-order valence-corrected chi connectivity index (χ0v) is 13.4. The van der Waals surface area contributed by atoms with Crippen LogP contribution < -0.4 is 5.32 Å². The van der Waals surface area contributed by atoms with Crippen molar-refractivity contribution in [3.63, 3.8) is 0 Å². The van der Waals surface area contributed by atoms with Gasteiger partial charge in [0, 0.05) is 24.1 Å². The first kappa shape index (κ1) is 14.6. The maximum absolute atomic E-state index is 11.2. The third-order valence-corrected chi connectivity index (χ3v) is 4.03. The summed E-state index contributed by atoms with van der Waals surface area (Å²) >= 11 is 0. The summed E-state index contributed by atoms with van der Waals surface area (Å²) < 4.78 is 1.90. The molecule has 1 N–H and O–H groups in total. The molecule has 1 aromatic heterocycles. The summed E-state index contributed by atoms with van der Waals surface area (Å²) in [6.45, 7) is 1.50. The Morgan fingerprint density at radius 2 is 1.79 bits per heavy atom. The minimum Gasteiger partial charge on any atom is -0.326 e. The van der Waals surface area contributed by atoms with E-state index in [1.807, 2.05) is 59.3 Å². The van der Waals surface area contributed by atoms with Gasteiger partial charge in [0.05, 0.1) is 5.69 Å². The Morgan fingerprint density at radius 3 is 2.42 bits per heavy atom. The van der Waals surface area contributed by atoms with Crippen molar-refractivity contribution >= 4 is 11.6 Å². The lowest BCUT2D eigenvalue weighted by molar-refractivity contribution is -0.114. The molecule has 1 aliphatic rings. The Balaban J connectivity index is 1.75. The molecular formula is C19H18N4O. The molecule has 1 heterocycles. The van der Waals surface area contributed by atoms with Gasteiger partial charge in [0.2, 0.25) is 5.91 Å². The van der Waals surface area contributed by atoms with Crippen LogP contribution >= 0.6 is 0 Å². The van der Waals surface area contributed by atoms with Crippen LogP contribution in [0.4, 0.5) is 5.69 Å². The molecule has 1 saturated carbocycles. The summed E-state index contributed by atoms with van der Waals surface area (Å²) in [5.74, 6) is 2.16. The molecule has 0 unspecified atom stereocenters. The van der Waals surface area contributed by atoms with Gasteiger partial charge in [-0.3, -0.25) is 4.79 Å². The second kappa shape index (κ2) is 5.92. The molecule has 0 saturated heterocycles. The quantitative estimate of drug-likeness (QED) is 0.796. The summed E-state index contributed by atoms with van der Waals surface area (Å²) in [5, 5.41) is 7.51. The highest BCUT2D eigenvalue weighted by molar-refractivity contribution is 5.88. The van der Waals surface area contributed by atoms with Crippen molar-refractivity contribution in [3.8, 4) is 17.1 Å². The summed E-state index contributed by atoms with van der Waals surface area (Å²) in [5.41, 5.74) is 2.75. The van der Waals surface area contributed by atoms with Gasteiger partial charge in [-0.2, -0.15) is 5.10 Å². The maximum Gasteiger partial charge on any atom is 0.221 e. The van der Waals surface area contributed by atoms with Crippen LogP contribution in [-0.4, -0.2) is 20.7 Å². The van der Waals surface area contributed by atoms with Gasteiger partial charge in [-0.25, -0.2) is 9.67 Å². The number of carbonyl (C=O) groups is 1. The van der Waals surface area contributed by atoms with E-state index in [0.717, 1.165) is 28.6 Å². The molecule has 0 spiro atoms. The van der Waals surface area contributed by atoms with Gasteiger partial charge in [0.1, 0.15) is 0 Å². The smallest absolute Gasteiger partial charge is 0.221 e. The van der Waals surface area contributed by atoms with Crippen molar-refractivity contribution in [1.82, 2.24) is 14.8 Å². The Kier molecular flexibility index (Phi) is 3.61. The lowest BCUT2D eigenvalue weighted by atomic mass is 10.2. The van der Waals surface area contributed by atoms with Crippen molar-refractivity contribution in [2.24, 2.45) is 0 Å². The van der Waals surface area contributed by atoms with Crippen LogP contribution in [0.2, 0.25) is 0 Å². The first-order valence-electron chi connectivity index (χ1n) is 8.11. The third kappa shape index (κ3) is 2.93. The van der Waals surface area contributed by atoms with E-state index in [1.165, 1.54) is 19.8 Å². The normalized spacial score (nSPS) is 13.7. The molecule has 0 aliphatic heterocycles. The first-order chi connectivity index (χ1) is 11.7. The predicted octanol–water partition coefficient (Wildman–Crippen LogP) is 3.77. The number of anilines is 1. The van der Waals surface area contributed by atoms with E-state index in [0.29, 0.717) is 5.92 Å². The van der Waals surface area contributed by atoms with Crippen LogP contribution in [0.1, 0.15) is 31.5 Å². The van der Waals surface area contributed by atoms with E-state index in [1.54, 1.807) is 0 Å². The summed E-state index contributed by atoms with van der Waals surface area (Å²) in [7, 11) is 0. The molecule has 4 rings (SSSR count). The van der Waals surface area contributed by atoms with E-state index >= 15 is 0 Å². The Bertz CT molecular complexity index is 864. The van der Waals surface area contributed by atoms with Gasteiger partial charge < -0.3 is 5.32 Å². The average Bonchev–Trinajstić information content (AvgIpc) is 3.35. The monoisotopic (exact) mass is 318 g/mol. The highest BCUT2D eigenvalue weighted by Crippen LogP contribution is 2.39. The van der Waals surface area contributed by atoms with E-state index < -0.39 is 0 Å². The zero-order valence-electron chi connectivity index (χ0n) is 13.4. The number of amides is 1.